The third kappa shape index (κ3) is 5.23. The molecule has 2 amide bonds. The standard InChI is InChI=1S/C17H19N5O4S/c1-11(23)20-12-2-4-13(5-3-12)21-16-9-18-15(8-19-16)17(24)22-14-6-7-27(25,26)10-14/h2-5,8-9,14H,6-7,10H2,1H3,(H,19,21)(H,20,23)(H,22,24). The van der Waals surface area contributed by atoms with E-state index in [0.717, 1.165) is 5.69 Å². The van der Waals surface area contributed by atoms with E-state index < -0.39 is 15.7 Å². The predicted molar refractivity (Wildman–Crippen MR) is 101 cm³/mol. The first-order valence-electron chi connectivity index (χ1n) is 8.29. The van der Waals surface area contributed by atoms with Gasteiger partial charge in [0.05, 0.1) is 23.9 Å². The highest BCUT2D eigenvalue weighted by Crippen LogP contribution is 2.17. The van der Waals surface area contributed by atoms with Crippen molar-refractivity contribution in [1.29, 1.82) is 0 Å². The van der Waals surface area contributed by atoms with Crippen LogP contribution in [0.3, 0.4) is 0 Å². The zero-order chi connectivity index (χ0) is 19.4. The number of nitrogens with zero attached hydrogens (tertiary/aromatic N) is 2. The number of amides is 2. The summed E-state index contributed by atoms with van der Waals surface area (Å²) < 4.78 is 22.9. The Kier molecular flexibility index (Phi) is 5.36. The summed E-state index contributed by atoms with van der Waals surface area (Å²) in [6.07, 6.45) is 3.16. The molecule has 1 saturated heterocycles. The van der Waals surface area contributed by atoms with E-state index in [0.29, 0.717) is 17.9 Å². The first-order chi connectivity index (χ1) is 12.8. The molecule has 1 aromatic heterocycles. The largest absolute Gasteiger partial charge is 0.347 e. The van der Waals surface area contributed by atoms with Crippen LogP contribution in [0, 0.1) is 0 Å². The lowest BCUT2D eigenvalue weighted by atomic mass is 10.2. The molecule has 2 aromatic rings. The maximum absolute atomic E-state index is 12.1. The van der Waals surface area contributed by atoms with Gasteiger partial charge in [0.15, 0.2) is 9.84 Å². The molecule has 1 unspecified atom stereocenters. The van der Waals surface area contributed by atoms with Crippen molar-refractivity contribution in [1.82, 2.24) is 15.3 Å². The van der Waals surface area contributed by atoms with Gasteiger partial charge in [-0.05, 0) is 30.7 Å². The molecule has 0 radical (unpaired) electrons. The van der Waals surface area contributed by atoms with Gasteiger partial charge >= 0.3 is 0 Å². The molecule has 10 heteroatoms. The van der Waals surface area contributed by atoms with Gasteiger partial charge in [-0.1, -0.05) is 0 Å². The van der Waals surface area contributed by atoms with Crippen molar-refractivity contribution in [3.05, 3.63) is 42.4 Å². The molecule has 0 saturated carbocycles. The van der Waals surface area contributed by atoms with Gasteiger partial charge in [-0.2, -0.15) is 0 Å². The molecule has 1 aromatic carbocycles. The van der Waals surface area contributed by atoms with Crippen LogP contribution in [0.25, 0.3) is 0 Å². The number of hydrogen-bond donors (Lipinski definition) is 3. The van der Waals surface area contributed by atoms with Crippen molar-refractivity contribution in [2.24, 2.45) is 0 Å². The third-order valence-corrected chi connectivity index (χ3v) is 5.70. The van der Waals surface area contributed by atoms with E-state index in [4.69, 9.17) is 0 Å². The SMILES string of the molecule is CC(=O)Nc1ccc(Nc2cnc(C(=O)NC3CCS(=O)(=O)C3)cn2)cc1. The summed E-state index contributed by atoms with van der Waals surface area (Å²) in [5.74, 6) is -0.100. The van der Waals surface area contributed by atoms with Crippen molar-refractivity contribution < 1.29 is 18.0 Å². The molecule has 0 bridgehead atoms. The molecule has 27 heavy (non-hydrogen) atoms. The topological polar surface area (TPSA) is 130 Å². The smallest absolute Gasteiger partial charge is 0.271 e. The number of aromatic nitrogens is 2. The minimum atomic E-state index is -3.06. The molecule has 0 spiro atoms. The number of nitrogens with one attached hydrogen (secondary N) is 3. The van der Waals surface area contributed by atoms with Crippen molar-refractivity contribution >= 4 is 38.8 Å². The van der Waals surface area contributed by atoms with Crippen molar-refractivity contribution in [2.75, 3.05) is 22.1 Å². The average Bonchev–Trinajstić information content (AvgIpc) is 2.95. The fraction of sp³-hybridized carbons (Fsp3) is 0.294. The number of carbonyl (C=O) groups is 2. The maximum Gasteiger partial charge on any atom is 0.271 e. The minimum absolute atomic E-state index is 0.0414. The summed E-state index contributed by atoms with van der Waals surface area (Å²) in [4.78, 5) is 31.4. The van der Waals surface area contributed by atoms with E-state index in [2.05, 4.69) is 25.9 Å². The Bertz CT molecular complexity index is 942. The van der Waals surface area contributed by atoms with Crippen LogP contribution in [-0.2, 0) is 14.6 Å². The normalized spacial score (nSPS) is 17.9. The number of rotatable bonds is 5. The van der Waals surface area contributed by atoms with Crippen LogP contribution in [0.4, 0.5) is 17.2 Å². The Morgan fingerprint density at radius 3 is 2.33 bits per heavy atom. The zero-order valence-corrected chi connectivity index (χ0v) is 15.4. The van der Waals surface area contributed by atoms with Crippen LogP contribution in [-0.4, -0.2) is 47.7 Å². The van der Waals surface area contributed by atoms with E-state index in [1.165, 1.54) is 19.3 Å². The summed E-state index contributed by atoms with van der Waals surface area (Å²) in [6.45, 7) is 1.44. The van der Waals surface area contributed by atoms with E-state index in [-0.39, 0.29) is 29.1 Å². The second kappa shape index (κ2) is 7.70. The van der Waals surface area contributed by atoms with E-state index in [9.17, 15) is 18.0 Å². The monoisotopic (exact) mass is 389 g/mol. The molecule has 3 N–H and O–H groups in total. The fourth-order valence-corrected chi connectivity index (χ4v) is 4.34. The van der Waals surface area contributed by atoms with Gasteiger partial charge in [-0.25, -0.2) is 18.4 Å². The van der Waals surface area contributed by atoms with Gasteiger partial charge in [-0.3, -0.25) is 9.59 Å². The highest BCUT2D eigenvalue weighted by atomic mass is 32.2. The average molecular weight is 389 g/mol. The summed E-state index contributed by atoms with van der Waals surface area (Å²) in [5.41, 5.74) is 1.54. The van der Waals surface area contributed by atoms with Gasteiger partial charge in [0.25, 0.3) is 5.91 Å². The van der Waals surface area contributed by atoms with Gasteiger partial charge in [0, 0.05) is 24.3 Å². The Balaban J connectivity index is 1.58. The third-order valence-electron chi connectivity index (χ3n) is 3.93. The molecule has 3 rings (SSSR count). The van der Waals surface area contributed by atoms with Crippen LogP contribution >= 0.6 is 0 Å². The van der Waals surface area contributed by atoms with Crippen LogP contribution in [0.1, 0.15) is 23.8 Å². The van der Waals surface area contributed by atoms with Crippen molar-refractivity contribution in [3.8, 4) is 0 Å². The number of sulfone groups is 1. The lowest BCUT2D eigenvalue weighted by Crippen LogP contribution is -2.36. The molecule has 142 valence electrons. The first kappa shape index (κ1) is 18.8. The Morgan fingerprint density at radius 2 is 1.78 bits per heavy atom. The second-order valence-electron chi connectivity index (χ2n) is 6.24. The lowest BCUT2D eigenvalue weighted by molar-refractivity contribution is -0.114. The second-order valence-corrected chi connectivity index (χ2v) is 8.47. The molecule has 1 aliphatic heterocycles. The number of hydrogen-bond acceptors (Lipinski definition) is 7. The quantitative estimate of drug-likeness (QED) is 0.698. The predicted octanol–water partition coefficient (Wildman–Crippen LogP) is 1.10. The highest BCUT2D eigenvalue weighted by Gasteiger charge is 2.29. The van der Waals surface area contributed by atoms with Gasteiger partial charge in [-0.15, -0.1) is 0 Å². The molecular weight excluding hydrogens is 370 g/mol. The number of carbonyl (C=O) groups excluding carboxylic acids is 2. The lowest BCUT2D eigenvalue weighted by Gasteiger charge is -2.10. The Labute approximate surface area is 156 Å². The van der Waals surface area contributed by atoms with E-state index in [1.807, 2.05) is 0 Å². The van der Waals surface area contributed by atoms with E-state index >= 15 is 0 Å². The number of anilines is 3. The maximum atomic E-state index is 12.1. The van der Waals surface area contributed by atoms with Crippen LogP contribution in [0.2, 0.25) is 0 Å². The van der Waals surface area contributed by atoms with Gasteiger partial charge in [0.2, 0.25) is 5.91 Å². The molecular formula is C17H19N5O4S. The van der Waals surface area contributed by atoms with E-state index in [1.54, 1.807) is 24.3 Å². The summed E-state index contributed by atoms with van der Waals surface area (Å²) in [6, 6.07) is 6.65. The van der Waals surface area contributed by atoms with Crippen LogP contribution in [0.15, 0.2) is 36.7 Å². The number of benzene rings is 1. The molecule has 1 aliphatic rings. The summed E-state index contributed by atoms with van der Waals surface area (Å²) in [5, 5.41) is 8.38. The Hall–Kier alpha value is -3.01. The van der Waals surface area contributed by atoms with Gasteiger partial charge in [0.1, 0.15) is 11.5 Å². The van der Waals surface area contributed by atoms with Crippen molar-refractivity contribution in [3.63, 3.8) is 0 Å². The van der Waals surface area contributed by atoms with Crippen molar-refractivity contribution in [2.45, 2.75) is 19.4 Å². The first-order valence-corrected chi connectivity index (χ1v) is 10.1. The fourth-order valence-electron chi connectivity index (χ4n) is 2.67. The molecule has 2 heterocycles. The van der Waals surface area contributed by atoms with Gasteiger partial charge < -0.3 is 16.0 Å². The molecule has 1 atom stereocenters. The summed E-state index contributed by atoms with van der Waals surface area (Å²) in [7, 11) is -3.06. The highest BCUT2D eigenvalue weighted by molar-refractivity contribution is 7.91. The molecule has 9 nitrogen and oxygen atoms in total. The Morgan fingerprint density at radius 1 is 1.07 bits per heavy atom. The molecule has 1 fully saturated rings. The van der Waals surface area contributed by atoms with Crippen LogP contribution in [0.5, 0.6) is 0 Å². The zero-order valence-electron chi connectivity index (χ0n) is 14.6. The summed E-state index contributed by atoms with van der Waals surface area (Å²) >= 11 is 0. The molecule has 0 aliphatic carbocycles. The minimum Gasteiger partial charge on any atom is -0.347 e. The van der Waals surface area contributed by atoms with Crippen LogP contribution < -0.4 is 16.0 Å².